The molecule has 1 aromatic rings. The lowest BCUT2D eigenvalue weighted by Gasteiger charge is -2.29. The summed E-state index contributed by atoms with van der Waals surface area (Å²) in [6, 6.07) is 6.54. The molecule has 3 rings (SSSR count). The van der Waals surface area contributed by atoms with Gasteiger partial charge in [0.05, 0.1) is 4.87 Å². The predicted molar refractivity (Wildman–Crippen MR) is 88.1 cm³/mol. The van der Waals surface area contributed by atoms with Gasteiger partial charge in [0, 0.05) is 39.8 Å². The lowest BCUT2D eigenvalue weighted by Crippen LogP contribution is -2.48. The molecule has 1 aromatic carbocycles. The molecule has 2 saturated heterocycles. The Kier molecular flexibility index (Phi) is 4.03. The van der Waals surface area contributed by atoms with Crippen molar-refractivity contribution in [3.05, 3.63) is 24.3 Å². The standard InChI is InChI=1S/C15H18N2O3S2/c1-15-8-7-13(18)17(15)12(9-21-15)14(19)16-10-3-5-11(6-4-10)22(2)20/h3-6,12H,7-9H2,1-2H3,(H,16,19). The van der Waals surface area contributed by atoms with E-state index in [-0.39, 0.29) is 16.7 Å². The van der Waals surface area contributed by atoms with Gasteiger partial charge in [-0.25, -0.2) is 0 Å². The van der Waals surface area contributed by atoms with Crippen LogP contribution in [0.2, 0.25) is 0 Å². The molecule has 22 heavy (non-hydrogen) atoms. The Bertz CT molecular complexity index is 647. The number of hydrogen-bond acceptors (Lipinski definition) is 4. The van der Waals surface area contributed by atoms with Crippen LogP contribution in [0.4, 0.5) is 5.69 Å². The van der Waals surface area contributed by atoms with E-state index in [2.05, 4.69) is 5.32 Å². The maximum atomic E-state index is 12.5. The van der Waals surface area contributed by atoms with E-state index in [0.717, 1.165) is 11.3 Å². The molecule has 0 aromatic heterocycles. The minimum Gasteiger partial charge on any atom is -0.324 e. The Hall–Kier alpha value is -1.34. The van der Waals surface area contributed by atoms with E-state index in [0.29, 0.717) is 17.9 Å². The topological polar surface area (TPSA) is 66.5 Å². The molecule has 118 valence electrons. The quantitative estimate of drug-likeness (QED) is 0.913. The fourth-order valence-corrected chi connectivity index (χ4v) is 4.92. The highest BCUT2D eigenvalue weighted by molar-refractivity contribution is 8.01. The van der Waals surface area contributed by atoms with Gasteiger partial charge in [0.25, 0.3) is 0 Å². The molecule has 2 heterocycles. The van der Waals surface area contributed by atoms with Gasteiger partial charge in [0.1, 0.15) is 6.04 Å². The SMILES string of the molecule is CS(=O)c1ccc(NC(=O)C2CSC3(C)CCC(=O)N23)cc1. The summed E-state index contributed by atoms with van der Waals surface area (Å²) in [6.07, 6.45) is 2.94. The Labute approximate surface area is 136 Å². The molecule has 1 N–H and O–H groups in total. The minimum atomic E-state index is -1.03. The fourth-order valence-electron chi connectivity index (χ4n) is 2.97. The number of nitrogens with one attached hydrogen (secondary N) is 1. The number of carbonyl (C=O) groups is 2. The van der Waals surface area contributed by atoms with Gasteiger partial charge in [-0.15, -0.1) is 11.8 Å². The monoisotopic (exact) mass is 338 g/mol. The number of benzene rings is 1. The van der Waals surface area contributed by atoms with Gasteiger partial charge in [-0.3, -0.25) is 13.8 Å². The molecule has 3 unspecified atom stereocenters. The number of carbonyl (C=O) groups excluding carboxylic acids is 2. The third-order valence-electron chi connectivity index (χ3n) is 4.20. The number of thioether (sulfide) groups is 1. The number of nitrogens with zero attached hydrogens (tertiary/aromatic N) is 1. The van der Waals surface area contributed by atoms with Crippen molar-refractivity contribution >= 4 is 40.1 Å². The van der Waals surface area contributed by atoms with Crippen LogP contribution < -0.4 is 5.32 Å². The molecular formula is C15H18N2O3S2. The summed E-state index contributed by atoms with van der Waals surface area (Å²) in [4.78, 5) is 26.8. The van der Waals surface area contributed by atoms with Crippen LogP contribution in [0, 0.1) is 0 Å². The summed E-state index contributed by atoms with van der Waals surface area (Å²) in [5.74, 6) is 0.534. The van der Waals surface area contributed by atoms with Crippen molar-refractivity contribution in [1.29, 1.82) is 0 Å². The molecular weight excluding hydrogens is 320 g/mol. The van der Waals surface area contributed by atoms with Crippen LogP contribution in [0.25, 0.3) is 0 Å². The molecule has 0 saturated carbocycles. The first-order valence-electron chi connectivity index (χ1n) is 7.11. The zero-order valence-electron chi connectivity index (χ0n) is 12.5. The summed E-state index contributed by atoms with van der Waals surface area (Å²) in [5.41, 5.74) is 0.657. The summed E-state index contributed by atoms with van der Waals surface area (Å²) in [7, 11) is -1.03. The van der Waals surface area contributed by atoms with Gasteiger partial charge in [-0.05, 0) is 37.6 Å². The largest absolute Gasteiger partial charge is 0.324 e. The molecule has 0 spiro atoms. The van der Waals surface area contributed by atoms with Crippen LogP contribution in [-0.2, 0) is 20.4 Å². The molecule has 0 bridgehead atoms. The normalized spacial score (nSPS) is 28.5. The highest BCUT2D eigenvalue weighted by Crippen LogP contribution is 2.47. The zero-order chi connectivity index (χ0) is 15.9. The molecule has 0 radical (unpaired) electrons. The van der Waals surface area contributed by atoms with Gasteiger partial charge in [0.2, 0.25) is 11.8 Å². The number of anilines is 1. The molecule has 2 fully saturated rings. The Balaban J connectivity index is 1.72. The van der Waals surface area contributed by atoms with E-state index in [1.165, 1.54) is 0 Å². The number of amides is 2. The number of hydrogen-bond donors (Lipinski definition) is 1. The van der Waals surface area contributed by atoms with Gasteiger partial charge >= 0.3 is 0 Å². The highest BCUT2D eigenvalue weighted by atomic mass is 32.2. The van der Waals surface area contributed by atoms with Crippen molar-refractivity contribution in [2.24, 2.45) is 0 Å². The first-order valence-corrected chi connectivity index (χ1v) is 9.65. The van der Waals surface area contributed by atoms with Crippen LogP contribution in [0.1, 0.15) is 19.8 Å². The molecule has 0 aliphatic carbocycles. The maximum Gasteiger partial charge on any atom is 0.248 e. The molecule has 2 amide bonds. The van der Waals surface area contributed by atoms with Gasteiger partial charge in [-0.1, -0.05) is 0 Å². The van der Waals surface area contributed by atoms with Crippen molar-refractivity contribution in [3.8, 4) is 0 Å². The third kappa shape index (κ3) is 2.67. The van der Waals surface area contributed by atoms with Gasteiger partial charge in [0.15, 0.2) is 0 Å². The summed E-state index contributed by atoms with van der Waals surface area (Å²) >= 11 is 1.68. The molecule has 7 heteroatoms. The summed E-state index contributed by atoms with van der Waals surface area (Å²) in [5, 5.41) is 2.86. The van der Waals surface area contributed by atoms with E-state index >= 15 is 0 Å². The minimum absolute atomic E-state index is 0.0596. The molecule has 5 nitrogen and oxygen atoms in total. The first kappa shape index (κ1) is 15.6. The molecule has 2 aliphatic heterocycles. The highest BCUT2D eigenvalue weighted by Gasteiger charge is 2.52. The smallest absolute Gasteiger partial charge is 0.248 e. The van der Waals surface area contributed by atoms with Crippen molar-refractivity contribution in [2.45, 2.75) is 35.6 Å². The summed E-state index contributed by atoms with van der Waals surface area (Å²) < 4.78 is 11.4. The van der Waals surface area contributed by atoms with Crippen LogP contribution in [0.15, 0.2) is 29.2 Å². The molecule has 2 aliphatic rings. The van der Waals surface area contributed by atoms with E-state index in [1.807, 2.05) is 6.92 Å². The van der Waals surface area contributed by atoms with Crippen LogP contribution in [-0.4, -0.2) is 43.8 Å². The van der Waals surface area contributed by atoms with Gasteiger partial charge in [-0.2, -0.15) is 0 Å². The second-order valence-electron chi connectivity index (χ2n) is 5.73. The van der Waals surface area contributed by atoms with Crippen LogP contribution >= 0.6 is 11.8 Å². The van der Waals surface area contributed by atoms with Crippen molar-refractivity contribution in [3.63, 3.8) is 0 Å². The Morgan fingerprint density at radius 1 is 1.41 bits per heavy atom. The summed E-state index contributed by atoms with van der Waals surface area (Å²) in [6.45, 7) is 2.03. The van der Waals surface area contributed by atoms with E-state index < -0.39 is 16.8 Å². The fraction of sp³-hybridized carbons (Fsp3) is 0.467. The first-order chi connectivity index (χ1) is 10.4. The second kappa shape index (κ2) is 5.70. The van der Waals surface area contributed by atoms with Gasteiger partial charge < -0.3 is 10.2 Å². The zero-order valence-corrected chi connectivity index (χ0v) is 14.1. The van der Waals surface area contributed by atoms with Crippen molar-refractivity contribution < 1.29 is 13.8 Å². The van der Waals surface area contributed by atoms with E-state index in [1.54, 1.807) is 47.2 Å². The maximum absolute atomic E-state index is 12.5. The van der Waals surface area contributed by atoms with E-state index in [9.17, 15) is 13.8 Å². The predicted octanol–water partition coefficient (Wildman–Crippen LogP) is 1.82. The lowest BCUT2D eigenvalue weighted by atomic mass is 10.2. The van der Waals surface area contributed by atoms with Crippen molar-refractivity contribution in [1.82, 2.24) is 4.90 Å². The Morgan fingerprint density at radius 2 is 2.09 bits per heavy atom. The average Bonchev–Trinajstić information content (AvgIpc) is 2.97. The third-order valence-corrected chi connectivity index (χ3v) is 6.64. The van der Waals surface area contributed by atoms with Crippen LogP contribution in [0.5, 0.6) is 0 Å². The Morgan fingerprint density at radius 3 is 2.73 bits per heavy atom. The number of fused-ring (bicyclic) bond motifs is 1. The van der Waals surface area contributed by atoms with E-state index in [4.69, 9.17) is 0 Å². The lowest BCUT2D eigenvalue weighted by molar-refractivity contribution is -0.135. The molecule has 3 atom stereocenters. The average molecular weight is 338 g/mol. The number of rotatable bonds is 3. The van der Waals surface area contributed by atoms with Crippen LogP contribution in [0.3, 0.4) is 0 Å². The second-order valence-corrected chi connectivity index (χ2v) is 8.61. The van der Waals surface area contributed by atoms with Crippen molar-refractivity contribution in [2.75, 3.05) is 17.3 Å².